The molecule has 0 N–H and O–H groups in total. The fraction of sp³-hybridized carbons (Fsp3) is 0.643. The molecular formula is C14H21BrN2OS. The Morgan fingerprint density at radius 2 is 2.05 bits per heavy atom. The van der Waals surface area contributed by atoms with E-state index in [0.717, 1.165) is 48.0 Å². The summed E-state index contributed by atoms with van der Waals surface area (Å²) in [6.45, 7) is 9.37. The summed E-state index contributed by atoms with van der Waals surface area (Å²) in [4.78, 5) is 17.6. The Hall–Kier alpha value is -0.390. The summed E-state index contributed by atoms with van der Waals surface area (Å²) in [6.07, 6.45) is 1.24. The molecule has 2 rings (SSSR count). The number of amides is 1. The van der Waals surface area contributed by atoms with Crippen LogP contribution in [0, 0.1) is 5.92 Å². The Morgan fingerprint density at radius 1 is 1.37 bits per heavy atom. The van der Waals surface area contributed by atoms with Gasteiger partial charge in [0.2, 0.25) is 0 Å². The van der Waals surface area contributed by atoms with Crippen molar-refractivity contribution < 1.29 is 4.79 Å². The van der Waals surface area contributed by atoms with E-state index in [1.54, 1.807) is 0 Å². The molecular weight excluding hydrogens is 324 g/mol. The van der Waals surface area contributed by atoms with E-state index < -0.39 is 0 Å². The lowest BCUT2D eigenvalue weighted by atomic mass is 10.1. The number of rotatable bonds is 4. The molecule has 1 aliphatic heterocycles. The molecule has 1 fully saturated rings. The van der Waals surface area contributed by atoms with Crippen molar-refractivity contribution in [1.29, 1.82) is 0 Å². The third kappa shape index (κ3) is 4.04. The summed E-state index contributed by atoms with van der Waals surface area (Å²) in [7, 11) is 0. The van der Waals surface area contributed by atoms with Crippen LogP contribution in [-0.4, -0.2) is 48.4 Å². The van der Waals surface area contributed by atoms with E-state index in [0.29, 0.717) is 0 Å². The maximum Gasteiger partial charge on any atom is 0.265 e. The van der Waals surface area contributed by atoms with Gasteiger partial charge < -0.3 is 4.90 Å². The van der Waals surface area contributed by atoms with E-state index in [1.165, 1.54) is 17.8 Å². The van der Waals surface area contributed by atoms with E-state index in [-0.39, 0.29) is 5.91 Å². The fourth-order valence-electron chi connectivity index (χ4n) is 2.21. The molecule has 0 radical (unpaired) electrons. The van der Waals surface area contributed by atoms with Crippen molar-refractivity contribution in [3.05, 3.63) is 20.8 Å². The molecule has 0 aliphatic carbocycles. The average Bonchev–Trinajstić information content (AvgIpc) is 2.82. The van der Waals surface area contributed by atoms with Crippen LogP contribution in [-0.2, 0) is 0 Å². The van der Waals surface area contributed by atoms with Gasteiger partial charge in [0.1, 0.15) is 4.88 Å². The van der Waals surface area contributed by atoms with Gasteiger partial charge in [-0.25, -0.2) is 0 Å². The van der Waals surface area contributed by atoms with E-state index >= 15 is 0 Å². The summed E-state index contributed by atoms with van der Waals surface area (Å²) < 4.78 is 0.921. The number of carbonyl (C=O) groups is 1. The zero-order chi connectivity index (χ0) is 13.8. The van der Waals surface area contributed by atoms with Crippen molar-refractivity contribution in [3.8, 4) is 0 Å². The van der Waals surface area contributed by atoms with Crippen LogP contribution in [0.3, 0.4) is 0 Å². The van der Waals surface area contributed by atoms with Gasteiger partial charge in [-0.3, -0.25) is 9.69 Å². The Balaban J connectivity index is 1.83. The number of thiophene rings is 1. The first-order valence-electron chi connectivity index (χ1n) is 6.82. The van der Waals surface area contributed by atoms with Crippen LogP contribution in [0.2, 0.25) is 0 Å². The molecule has 2 heterocycles. The van der Waals surface area contributed by atoms with Crippen molar-refractivity contribution in [2.45, 2.75) is 20.3 Å². The Kier molecular flexibility index (Phi) is 5.42. The molecule has 0 bridgehead atoms. The lowest BCUT2D eigenvalue weighted by Crippen LogP contribution is -2.48. The second kappa shape index (κ2) is 6.86. The van der Waals surface area contributed by atoms with Gasteiger partial charge in [0, 0.05) is 30.7 Å². The summed E-state index contributed by atoms with van der Waals surface area (Å²) in [5.74, 6) is 0.923. The Bertz CT molecular complexity index is 425. The lowest BCUT2D eigenvalue weighted by Gasteiger charge is -2.34. The van der Waals surface area contributed by atoms with Crippen molar-refractivity contribution in [2.75, 3.05) is 32.7 Å². The van der Waals surface area contributed by atoms with Gasteiger partial charge in [-0.2, -0.15) is 0 Å². The number of carbonyl (C=O) groups excluding carboxylic acids is 1. The molecule has 3 nitrogen and oxygen atoms in total. The van der Waals surface area contributed by atoms with E-state index in [4.69, 9.17) is 0 Å². The minimum absolute atomic E-state index is 0.172. The normalized spacial score (nSPS) is 17.2. The van der Waals surface area contributed by atoms with Gasteiger partial charge in [-0.1, -0.05) is 13.8 Å². The largest absolute Gasteiger partial charge is 0.335 e. The number of piperazine rings is 1. The second-order valence-corrected chi connectivity index (χ2v) is 7.18. The predicted octanol–water partition coefficient (Wildman–Crippen LogP) is 3.31. The first kappa shape index (κ1) is 15.0. The van der Waals surface area contributed by atoms with Crippen LogP contribution < -0.4 is 0 Å². The van der Waals surface area contributed by atoms with Gasteiger partial charge in [0.15, 0.2) is 0 Å². The molecule has 1 saturated heterocycles. The highest BCUT2D eigenvalue weighted by atomic mass is 79.9. The minimum atomic E-state index is 0.172. The monoisotopic (exact) mass is 344 g/mol. The number of hydrogen-bond acceptors (Lipinski definition) is 3. The zero-order valence-corrected chi connectivity index (χ0v) is 14.0. The highest BCUT2D eigenvalue weighted by molar-refractivity contribution is 9.10. The third-order valence-electron chi connectivity index (χ3n) is 3.49. The third-order valence-corrected chi connectivity index (χ3v) is 5.32. The van der Waals surface area contributed by atoms with Crippen LogP contribution in [0.1, 0.15) is 29.9 Å². The summed E-state index contributed by atoms with van der Waals surface area (Å²) in [5, 5.41) is 1.95. The topological polar surface area (TPSA) is 23.6 Å². The van der Waals surface area contributed by atoms with Crippen molar-refractivity contribution in [3.63, 3.8) is 0 Å². The van der Waals surface area contributed by atoms with Gasteiger partial charge in [-0.15, -0.1) is 11.3 Å². The molecule has 0 unspecified atom stereocenters. The van der Waals surface area contributed by atoms with Crippen LogP contribution >= 0.6 is 27.3 Å². The Morgan fingerprint density at radius 3 is 2.58 bits per heavy atom. The molecule has 0 aromatic carbocycles. The highest BCUT2D eigenvalue weighted by Gasteiger charge is 2.23. The fourth-order valence-corrected chi connectivity index (χ4v) is 3.71. The molecule has 0 spiro atoms. The van der Waals surface area contributed by atoms with Gasteiger partial charge in [-0.05, 0) is 46.3 Å². The van der Waals surface area contributed by atoms with Gasteiger partial charge in [0.25, 0.3) is 5.91 Å². The summed E-state index contributed by atoms with van der Waals surface area (Å²) in [6, 6.07) is 1.94. The van der Waals surface area contributed by atoms with Crippen molar-refractivity contribution in [2.24, 2.45) is 5.92 Å². The zero-order valence-electron chi connectivity index (χ0n) is 11.6. The minimum Gasteiger partial charge on any atom is -0.335 e. The molecule has 0 saturated carbocycles. The predicted molar refractivity (Wildman–Crippen MR) is 83.8 cm³/mol. The second-order valence-electron chi connectivity index (χ2n) is 5.41. The quantitative estimate of drug-likeness (QED) is 0.836. The Labute approximate surface area is 127 Å². The van der Waals surface area contributed by atoms with Gasteiger partial charge >= 0.3 is 0 Å². The molecule has 19 heavy (non-hydrogen) atoms. The van der Waals surface area contributed by atoms with Crippen molar-refractivity contribution >= 4 is 33.2 Å². The van der Waals surface area contributed by atoms with Crippen LogP contribution in [0.5, 0.6) is 0 Å². The highest BCUT2D eigenvalue weighted by Crippen LogP contribution is 2.24. The van der Waals surface area contributed by atoms with E-state index in [9.17, 15) is 4.79 Å². The number of nitrogens with zero attached hydrogens (tertiary/aromatic N) is 2. The maximum atomic E-state index is 12.3. The lowest BCUT2D eigenvalue weighted by molar-refractivity contribution is 0.0636. The summed E-state index contributed by atoms with van der Waals surface area (Å²) in [5.41, 5.74) is 0. The first-order chi connectivity index (χ1) is 9.08. The molecule has 1 aromatic heterocycles. The van der Waals surface area contributed by atoms with Crippen molar-refractivity contribution in [1.82, 2.24) is 9.80 Å². The standard InChI is InChI=1S/C14H21BrN2OS/c1-11(2)3-5-16-6-8-17(9-7-16)14(18)13-12(15)4-10-19-13/h4,10-11H,3,5-9H2,1-2H3. The maximum absolute atomic E-state index is 12.3. The average molecular weight is 345 g/mol. The van der Waals surface area contributed by atoms with Gasteiger partial charge in [0.05, 0.1) is 0 Å². The van der Waals surface area contributed by atoms with Crippen LogP contribution in [0.4, 0.5) is 0 Å². The first-order valence-corrected chi connectivity index (χ1v) is 8.50. The molecule has 106 valence electrons. The number of hydrogen-bond donors (Lipinski definition) is 0. The smallest absolute Gasteiger partial charge is 0.265 e. The molecule has 1 aromatic rings. The summed E-state index contributed by atoms with van der Waals surface area (Å²) >= 11 is 4.95. The van der Waals surface area contributed by atoms with Crippen LogP contribution in [0.15, 0.2) is 15.9 Å². The van der Waals surface area contributed by atoms with Crippen LogP contribution in [0.25, 0.3) is 0 Å². The molecule has 0 atom stereocenters. The number of halogens is 1. The van der Waals surface area contributed by atoms with E-state index in [1.807, 2.05) is 16.3 Å². The molecule has 1 aliphatic rings. The van der Waals surface area contributed by atoms with E-state index in [2.05, 4.69) is 34.7 Å². The molecule has 1 amide bonds. The SMILES string of the molecule is CC(C)CCN1CCN(C(=O)c2sccc2Br)CC1. The molecule has 5 heteroatoms.